The number of benzene rings is 2. The molecule has 0 radical (unpaired) electrons. The zero-order valence-corrected chi connectivity index (χ0v) is 17.1. The van der Waals surface area contributed by atoms with Crippen molar-refractivity contribution in [2.75, 3.05) is 5.73 Å². The largest absolute Gasteiger partial charge is 0.384 e. The number of nitrogen functional groups attached to an aromatic ring is 1. The van der Waals surface area contributed by atoms with Crippen LogP contribution in [0.5, 0.6) is 0 Å². The van der Waals surface area contributed by atoms with E-state index in [1.54, 1.807) is 0 Å². The van der Waals surface area contributed by atoms with Gasteiger partial charge in [-0.05, 0) is 49.6 Å². The Morgan fingerprint density at radius 3 is 2.50 bits per heavy atom. The fraction of sp³-hybridized carbons (Fsp3) is 0.292. The van der Waals surface area contributed by atoms with Crippen LogP contribution in [0.25, 0.3) is 27.9 Å². The first-order valence-corrected chi connectivity index (χ1v) is 10.6. The zero-order chi connectivity index (χ0) is 20.7. The van der Waals surface area contributed by atoms with Crippen LogP contribution in [-0.4, -0.2) is 26.5 Å². The van der Waals surface area contributed by atoms with E-state index in [0.717, 1.165) is 48.0 Å². The van der Waals surface area contributed by atoms with E-state index in [9.17, 15) is 4.79 Å². The van der Waals surface area contributed by atoms with Crippen LogP contribution in [0.2, 0.25) is 0 Å². The minimum absolute atomic E-state index is 0.166. The minimum atomic E-state index is -0.166. The summed E-state index contributed by atoms with van der Waals surface area (Å²) in [6, 6.07) is 15.9. The fourth-order valence-corrected chi connectivity index (χ4v) is 4.42. The fourth-order valence-electron chi connectivity index (χ4n) is 4.42. The average Bonchev–Trinajstić information content (AvgIpc) is 3.03. The van der Waals surface area contributed by atoms with Crippen LogP contribution < -0.4 is 11.1 Å². The van der Waals surface area contributed by atoms with Gasteiger partial charge in [0.05, 0.1) is 11.0 Å². The highest BCUT2D eigenvalue weighted by atomic mass is 16.1. The van der Waals surface area contributed by atoms with Crippen LogP contribution >= 0.6 is 0 Å². The molecule has 1 aliphatic carbocycles. The van der Waals surface area contributed by atoms with E-state index in [2.05, 4.69) is 5.32 Å². The number of hydrogen-bond acceptors (Lipinski definition) is 4. The Kier molecular flexibility index (Phi) is 4.62. The van der Waals surface area contributed by atoms with Crippen molar-refractivity contribution < 1.29 is 4.79 Å². The van der Waals surface area contributed by atoms with Crippen molar-refractivity contribution in [3.8, 4) is 5.69 Å². The van der Waals surface area contributed by atoms with Crippen LogP contribution in [0, 0.1) is 6.92 Å². The number of hydrogen-bond donors (Lipinski definition) is 2. The zero-order valence-electron chi connectivity index (χ0n) is 17.1. The van der Waals surface area contributed by atoms with E-state index < -0.39 is 0 Å². The standard InChI is InChI=1S/C24H25N5O/c1-15-8-7-11-17(14-15)29-22(25)20(24(30)26-16-9-3-2-4-10-16)21-23(29)28-19-13-6-5-12-18(19)27-21/h5-8,11-14,16H,2-4,9-10,25H2,1H3,(H,26,30). The van der Waals surface area contributed by atoms with Gasteiger partial charge in [-0.1, -0.05) is 43.5 Å². The Morgan fingerprint density at radius 1 is 1.03 bits per heavy atom. The molecule has 1 fully saturated rings. The summed E-state index contributed by atoms with van der Waals surface area (Å²) < 4.78 is 1.84. The molecule has 6 nitrogen and oxygen atoms in total. The second-order valence-electron chi connectivity index (χ2n) is 8.13. The molecule has 0 unspecified atom stereocenters. The second kappa shape index (κ2) is 7.44. The maximum atomic E-state index is 13.3. The summed E-state index contributed by atoms with van der Waals surface area (Å²) in [4.78, 5) is 23.0. The summed E-state index contributed by atoms with van der Waals surface area (Å²) in [5.41, 5.74) is 11.6. The lowest BCUT2D eigenvalue weighted by Gasteiger charge is -2.22. The molecule has 1 aliphatic rings. The maximum Gasteiger partial charge on any atom is 0.257 e. The molecule has 0 saturated heterocycles. The summed E-state index contributed by atoms with van der Waals surface area (Å²) >= 11 is 0. The third-order valence-corrected chi connectivity index (χ3v) is 5.93. The summed E-state index contributed by atoms with van der Waals surface area (Å²) in [5.74, 6) is 0.208. The molecule has 152 valence electrons. The predicted molar refractivity (Wildman–Crippen MR) is 120 cm³/mol. The SMILES string of the molecule is Cc1cccc(-n2c(N)c(C(=O)NC3CCCCC3)c3nc4ccccc4nc32)c1. The summed E-state index contributed by atoms with van der Waals surface area (Å²) in [6.45, 7) is 2.03. The Balaban J connectivity index is 1.71. The number of nitrogens with zero attached hydrogens (tertiary/aromatic N) is 3. The van der Waals surface area contributed by atoms with E-state index in [4.69, 9.17) is 15.7 Å². The van der Waals surface area contributed by atoms with Crippen molar-refractivity contribution in [3.63, 3.8) is 0 Å². The second-order valence-corrected chi connectivity index (χ2v) is 8.13. The normalized spacial score (nSPS) is 15.0. The molecule has 30 heavy (non-hydrogen) atoms. The van der Waals surface area contributed by atoms with E-state index in [1.165, 1.54) is 6.42 Å². The molecule has 5 rings (SSSR count). The van der Waals surface area contributed by atoms with Crippen molar-refractivity contribution in [1.82, 2.24) is 19.9 Å². The van der Waals surface area contributed by atoms with Crippen molar-refractivity contribution in [3.05, 3.63) is 59.7 Å². The lowest BCUT2D eigenvalue weighted by molar-refractivity contribution is 0.0930. The number of rotatable bonds is 3. The summed E-state index contributed by atoms with van der Waals surface area (Å²) in [6.07, 6.45) is 5.55. The Bertz CT molecular complexity index is 1250. The van der Waals surface area contributed by atoms with Gasteiger partial charge in [0.25, 0.3) is 5.91 Å². The molecule has 3 N–H and O–H groups in total. The minimum Gasteiger partial charge on any atom is -0.384 e. The smallest absolute Gasteiger partial charge is 0.257 e. The molecular weight excluding hydrogens is 374 g/mol. The van der Waals surface area contributed by atoms with Crippen LogP contribution in [0.15, 0.2) is 48.5 Å². The van der Waals surface area contributed by atoms with Gasteiger partial charge < -0.3 is 11.1 Å². The molecule has 2 aromatic carbocycles. The van der Waals surface area contributed by atoms with Crippen molar-refractivity contribution in [2.24, 2.45) is 0 Å². The molecule has 6 heteroatoms. The Hall–Kier alpha value is -3.41. The van der Waals surface area contributed by atoms with E-state index in [1.807, 2.05) is 60.0 Å². The lowest BCUT2D eigenvalue weighted by atomic mass is 9.95. The van der Waals surface area contributed by atoms with Gasteiger partial charge in [0, 0.05) is 11.7 Å². The van der Waals surface area contributed by atoms with E-state index in [0.29, 0.717) is 22.5 Å². The Morgan fingerprint density at radius 2 is 1.77 bits per heavy atom. The van der Waals surface area contributed by atoms with Gasteiger partial charge >= 0.3 is 0 Å². The number of anilines is 1. The quantitative estimate of drug-likeness (QED) is 0.530. The number of nitrogens with two attached hydrogens (primary N) is 1. The van der Waals surface area contributed by atoms with Gasteiger partial charge in [0.15, 0.2) is 5.65 Å². The summed E-state index contributed by atoms with van der Waals surface area (Å²) in [5, 5.41) is 3.19. The number of carbonyl (C=O) groups excluding carboxylic acids is 1. The van der Waals surface area contributed by atoms with Crippen LogP contribution in [0.1, 0.15) is 48.0 Å². The molecule has 2 heterocycles. The van der Waals surface area contributed by atoms with Crippen molar-refractivity contribution in [1.29, 1.82) is 0 Å². The highest BCUT2D eigenvalue weighted by Gasteiger charge is 2.26. The number of carbonyl (C=O) groups is 1. The summed E-state index contributed by atoms with van der Waals surface area (Å²) in [7, 11) is 0. The third kappa shape index (κ3) is 3.18. The van der Waals surface area contributed by atoms with Gasteiger partial charge in [-0.3, -0.25) is 9.36 Å². The van der Waals surface area contributed by atoms with Gasteiger partial charge in [-0.25, -0.2) is 9.97 Å². The Labute approximate surface area is 175 Å². The maximum absolute atomic E-state index is 13.3. The number of aryl methyl sites for hydroxylation is 1. The number of aromatic nitrogens is 3. The molecule has 4 aromatic rings. The first-order chi connectivity index (χ1) is 14.6. The monoisotopic (exact) mass is 399 g/mol. The van der Waals surface area contributed by atoms with Crippen molar-refractivity contribution >= 4 is 33.9 Å². The van der Waals surface area contributed by atoms with Gasteiger partial charge in [-0.15, -0.1) is 0 Å². The topological polar surface area (TPSA) is 85.8 Å². The number of fused-ring (bicyclic) bond motifs is 2. The van der Waals surface area contributed by atoms with Crippen LogP contribution in [0.4, 0.5) is 5.82 Å². The molecule has 2 aromatic heterocycles. The van der Waals surface area contributed by atoms with Gasteiger partial charge in [-0.2, -0.15) is 0 Å². The highest BCUT2D eigenvalue weighted by molar-refractivity contribution is 6.11. The third-order valence-electron chi connectivity index (χ3n) is 5.93. The molecular formula is C24H25N5O. The number of nitrogens with one attached hydrogen (secondary N) is 1. The van der Waals surface area contributed by atoms with Crippen LogP contribution in [0.3, 0.4) is 0 Å². The molecule has 0 atom stereocenters. The molecule has 1 saturated carbocycles. The van der Waals surface area contributed by atoms with Gasteiger partial charge in [0.2, 0.25) is 0 Å². The molecule has 0 spiro atoms. The van der Waals surface area contributed by atoms with Crippen molar-refractivity contribution in [2.45, 2.75) is 45.1 Å². The first kappa shape index (κ1) is 18.6. The average molecular weight is 399 g/mol. The molecule has 0 aliphatic heterocycles. The lowest BCUT2D eigenvalue weighted by Crippen LogP contribution is -2.36. The molecule has 0 bridgehead atoms. The van der Waals surface area contributed by atoms with Gasteiger partial charge in [0.1, 0.15) is 16.9 Å². The first-order valence-electron chi connectivity index (χ1n) is 10.6. The molecule has 1 amide bonds. The van der Waals surface area contributed by atoms with E-state index >= 15 is 0 Å². The van der Waals surface area contributed by atoms with E-state index in [-0.39, 0.29) is 11.9 Å². The van der Waals surface area contributed by atoms with Crippen LogP contribution in [-0.2, 0) is 0 Å². The number of amides is 1. The number of para-hydroxylation sites is 2. The predicted octanol–water partition coefficient (Wildman–Crippen LogP) is 4.53. The highest BCUT2D eigenvalue weighted by Crippen LogP contribution is 2.31.